The molecule has 0 aliphatic carbocycles. The quantitative estimate of drug-likeness (QED) is 0.438. The average molecular weight is 220 g/mol. The number of esters is 1. The fourth-order valence-electron chi connectivity index (χ4n) is 0.974. The second kappa shape index (κ2) is 4.89. The minimum atomic E-state index is -0.845. The molecule has 0 N–H and O–H groups in total. The number of carbonyl (C=O) groups is 1. The minimum absolute atomic E-state index is 0.107. The molecular weight excluding hydrogens is 212 g/mol. The normalized spacial score (nSPS) is 11.2. The highest BCUT2D eigenvalue weighted by Crippen LogP contribution is 2.13. The maximum absolute atomic E-state index is 11.4. The van der Waals surface area contributed by atoms with E-state index in [9.17, 15) is 14.9 Å². The van der Waals surface area contributed by atoms with Crippen LogP contribution in [0.5, 0.6) is 0 Å². The highest BCUT2D eigenvalue weighted by Gasteiger charge is 2.12. The number of benzene rings is 1. The maximum atomic E-state index is 11.4. The largest absolute Gasteiger partial charge is 0.444 e. The van der Waals surface area contributed by atoms with Gasteiger partial charge in [-0.3, -0.25) is 10.1 Å². The molecule has 0 spiro atoms. The van der Waals surface area contributed by atoms with Crippen LogP contribution in [0.15, 0.2) is 24.3 Å². The summed E-state index contributed by atoms with van der Waals surface area (Å²) in [5.41, 5.74) is 0.0672. The summed E-state index contributed by atoms with van der Waals surface area (Å²) < 4.78 is 4.72. The first-order chi connectivity index (χ1) is 7.54. The van der Waals surface area contributed by atoms with Crippen molar-refractivity contribution in [1.29, 1.82) is 5.26 Å². The molecular formula is C10H8N2O4. The van der Waals surface area contributed by atoms with Crippen molar-refractivity contribution in [3.8, 4) is 6.07 Å². The van der Waals surface area contributed by atoms with Crippen LogP contribution in [0, 0.1) is 21.4 Å². The topological polar surface area (TPSA) is 93.2 Å². The van der Waals surface area contributed by atoms with Gasteiger partial charge in [-0.25, -0.2) is 4.79 Å². The van der Waals surface area contributed by atoms with Crippen LogP contribution in [0.1, 0.15) is 17.3 Å². The van der Waals surface area contributed by atoms with Crippen LogP contribution in [-0.2, 0) is 4.74 Å². The van der Waals surface area contributed by atoms with Crippen LogP contribution in [0.4, 0.5) is 5.69 Å². The Morgan fingerprint density at radius 1 is 1.50 bits per heavy atom. The van der Waals surface area contributed by atoms with Crippen molar-refractivity contribution < 1.29 is 14.5 Å². The third-order valence-electron chi connectivity index (χ3n) is 1.78. The van der Waals surface area contributed by atoms with Gasteiger partial charge in [0, 0.05) is 12.1 Å². The van der Waals surface area contributed by atoms with E-state index in [0.717, 1.165) is 0 Å². The lowest BCUT2D eigenvalue weighted by Crippen LogP contribution is -2.12. The van der Waals surface area contributed by atoms with Crippen molar-refractivity contribution in [2.24, 2.45) is 0 Å². The minimum Gasteiger partial charge on any atom is -0.444 e. The number of nitro benzene ring substituents is 1. The van der Waals surface area contributed by atoms with E-state index < -0.39 is 17.0 Å². The van der Waals surface area contributed by atoms with Gasteiger partial charge in [0.15, 0.2) is 6.10 Å². The number of hydrogen-bond donors (Lipinski definition) is 0. The average Bonchev–Trinajstić information content (AvgIpc) is 2.28. The van der Waals surface area contributed by atoms with Gasteiger partial charge in [0.05, 0.1) is 10.5 Å². The Bertz CT molecular complexity index is 447. The van der Waals surface area contributed by atoms with Crippen LogP contribution < -0.4 is 0 Å². The number of rotatable bonds is 3. The summed E-state index contributed by atoms with van der Waals surface area (Å²) in [4.78, 5) is 21.1. The summed E-state index contributed by atoms with van der Waals surface area (Å²) in [6.07, 6.45) is -0.845. The molecule has 0 heterocycles. The molecule has 0 radical (unpaired) electrons. The van der Waals surface area contributed by atoms with Crippen LogP contribution in [0.25, 0.3) is 0 Å². The maximum Gasteiger partial charge on any atom is 0.339 e. The van der Waals surface area contributed by atoms with Crippen molar-refractivity contribution in [2.75, 3.05) is 0 Å². The lowest BCUT2D eigenvalue weighted by Gasteiger charge is -2.05. The number of ether oxygens (including phenoxy) is 1. The number of carbonyl (C=O) groups excluding carboxylic acids is 1. The SMILES string of the molecule is C[C@@H](C#N)OC(=O)c1ccc([N+](=O)[O-])cc1. The van der Waals surface area contributed by atoms with Gasteiger partial charge >= 0.3 is 5.97 Å². The molecule has 1 aromatic rings. The molecule has 0 aromatic heterocycles. The highest BCUT2D eigenvalue weighted by atomic mass is 16.6. The lowest BCUT2D eigenvalue weighted by molar-refractivity contribution is -0.384. The lowest BCUT2D eigenvalue weighted by atomic mass is 10.2. The van der Waals surface area contributed by atoms with Gasteiger partial charge in [0.1, 0.15) is 6.07 Å². The molecule has 6 nitrogen and oxygen atoms in total. The van der Waals surface area contributed by atoms with Crippen molar-refractivity contribution in [2.45, 2.75) is 13.0 Å². The number of non-ortho nitro benzene ring substituents is 1. The second-order valence-corrected chi connectivity index (χ2v) is 2.98. The van der Waals surface area contributed by atoms with E-state index in [1.165, 1.54) is 31.2 Å². The third kappa shape index (κ3) is 2.78. The van der Waals surface area contributed by atoms with E-state index in [4.69, 9.17) is 10.00 Å². The number of nitriles is 1. The van der Waals surface area contributed by atoms with Gasteiger partial charge in [-0.15, -0.1) is 0 Å². The van der Waals surface area contributed by atoms with Crippen LogP contribution in [0.2, 0.25) is 0 Å². The zero-order valence-electron chi connectivity index (χ0n) is 8.41. The van der Waals surface area contributed by atoms with Crippen molar-refractivity contribution in [3.05, 3.63) is 39.9 Å². The van der Waals surface area contributed by atoms with Gasteiger partial charge in [-0.2, -0.15) is 5.26 Å². The van der Waals surface area contributed by atoms with E-state index in [2.05, 4.69) is 0 Å². The molecule has 0 aliphatic rings. The predicted octanol–water partition coefficient (Wildman–Crippen LogP) is 1.66. The Kier molecular flexibility index (Phi) is 3.56. The summed E-state index contributed by atoms with van der Waals surface area (Å²) in [7, 11) is 0. The molecule has 0 unspecified atom stereocenters. The van der Waals surface area contributed by atoms with Gasteiger partial charge in [0.2, 0.25) is 0 Å². The van der Waals surface area contributed by atoms with E-state index in [0.29, 0.717) is 0 Å². The van der Waals surface area contributed by atoms with Gasteiger partial charge in [-0.05, 0) is 19.1 Å². The molecule has 0 aliphatic heterocycles. The second-order valence-electron chi connectivity index (χ2n) is 2.98. The van der Waals surface area contributed by atoms with Crippen LogP contribution in [0.3, 0.4) is 0 Å². The molecule has 16 heavy (non-hydrogen) atoms. The van der Waals surface area contributed by atoms with Crippen LogP contribution in [-0.4, -0.2) is 17.0 Å². The highest BCUT2D eigenvalue weighted by molar-refractivity contribution is 5.89. The molecule has 6 heteroatoms. The summed E-state index contributed by atoms with van der Waals surface area (Å²) in [6, 6.07) is 6.71. The van der Waals surface area contributed by atoms with Gasteiger partial charge in [-0.1, -0.05) is 0 Å². The molecule has 1 atom stereocenters. The Hall–Kier alpha value is -2.42. The summed E-state index contributed by atoms with van der Waals surface area (Å²) in [5, 5.41) is 18.8. The van der Waals surface area contributed by atoms with Gasteiger partial charge < -0.3 is 4.74 Å². The summed E-state index contributed by atoms with van der Waals surface area (Å²) in [6.45, 7) is 1.43. The zero-order chi connectivity index (χ0) is 12.1. The first-order valence-electron chi connectivity index (χ1n) is 4.39. The molecule has 0 bridgehead atoms. The molecule has 1 rings (SSSR count). The number of nitro groups is 1. The van der Waals surface area contributed by atoms with E-state index in [1.54, 1.807) is 6.07 Å². The molecule has 0 saturated heterocycles. The fourth-order valence-corrected chi connectivity index (χ4v) is 0.974. The van der Waals surface area contributed by atoms with E-state index in [1.807, 2.05) is 0 Å². The molecule has 0 fully saturated rings. The first-order valence-corrected chi connectivity index (χ1v) is 4.39. The number of nitrogens with zero attached hydrogens (tertiary/aromatic N) is 2. The molecule has 0 amide bonds. The first kappa shape index (κ1) is 11.7. The zero-order valence-corrected chi connectivity index (χ0v) is 8.41. The molecule has 82 valence electrons. The Morgan fingerprint density at radius 2 is 2.06 bits per heavy atom. The Morgan fingerprint density at radius 3 is 2.50 bits per heavy atom. The van der Waals surface area contributed by atoms with Crippen molar-refractivity contribution >= 4 is 11.7 Å². The van der Waals surface area contributed by atoms with E-state index >= 15 is 0 Å². The smallest absolute Gasteiger partial charge is 0.339 e. The van der Waals surface area contributed by atoms with Crippen molar-refractivity contribution in [3.63, 3.8) is 0 Å². The predicted molar refractivity (Wildman–Crippen MR) is 53.6 cm³/mol. The van der Waals surface area contributed by atoms with Crippen molar-refractivity contribution in [1.82, 2.24) is 0 Å². The number of hydrogen-bond acceptors (Lipinski definition) is 5. The third-order valence-corrected chi connectivity index (χ3v) is 1.78. The standard InChI is InChI=1S/C10H8N2O4/c1-7(6-11)16-10(13)8-2-4-9(5-3-8)12(14)15/h2-5,7H,1H3/t7-/m0/s1. The monoisotopic (exact) mass is 220 g/mol. The summed E-state index contributed by atoms with van der Waals surface area (Å²) >= 11 is 0. The molecule has 0 saturated carbocycles. The fraction of sp³-hybridized carbons (Fsp3) is 0.200. The van der Waals surface area contributed by atoms with Crippen LogP contribution >= 0.6 is 0 Å². The Balaban J connectivity index is 2.79. The molecule has 1 aromatic carbocycles. The summed E-state index contributed by atoms with van der Waals surface area (Å²) in [5.74, 6) is -0.677. The Labute approximate surface area is 91.2 Å². The van der Waals surface area contributed by atoms with E-state index in [-0.39, 0.29) is 11.3 Å². The van der Waals surface area contributed by atoms with Gasteiger partial charge in [0.25, 0.3) is 5.69 Å².